The van der Waals surface area contributed by atoms with E-state index in [1.807, 2.05) is 39.6 Å². The van der Waals surface area contributed by atoms with E-state index in [1.54, 1.807) is 0 Å². The maximum absolute atomic E-state index is 13.8. The maximum Gasteiger partial charge on any atom is 0.324 e. The number of carbonyl (C=O) groups excluding carboxylic acids is 3. The summed E-state index contributed by atoms with van der Waals surface area (Å²) in [5, 5.41) is 2.94. The van der Waals surface area contributed by atoms with Crippen LogP contribution < -0.4 is 5.32 Å². The fourth-order valence-corrected chi connectivity index (χ4v) is 8.63. The van der Waals surface area contributed by atoms with Crippen molar-refractivity contribution in [2.45, 2.75) is 111 Å². The monoisotopic (exact) mass is 459 g/mol. The van der Waals surface area contributed by atoms with Gasteiger partial charge in [-0.15, -0.1) is 0 Å². The van der Waals surface area contributed by atoms with E-state index in [0.29, 0.717) is 36.1 Å². The van der Waals surface area contributed by atoms with Crippen molar-refractivity contribution < 1.29 is 14.4 Å². The third kappa shape index (κ3) is 3.80. The second-order valence-corrected chi connectivity index (χ2v) is 12.6. The van der Waals surface area contributed by atoms with Crippen molar-refractivity contribution in [3.63, 3.8) is 0 Å². The number of carbonyl (C=O) groups is 3. The van der Waals surface area contributed by atoms with E-state index < -0.39 is 0 Å². The Morgan fingerprint density at radius 1 is 0.970 bits per heavy atom. The molecule has 0 aromatic rings. The molecule has 4 amide bonds. The first-order valence-electron chi connectivity index (χ1n) is 13.3. The number of fused-ring (bicyclic) bond motifs is 5. The molecule has 1 saturated heterocycles. The molecule has 7 atom stereocenters. The Labute approximate surface area is 200 Å². The van der Waals surface area contributed by atoms with Crippen LogP contribution in [0.4, 0.5) is 4.79 Å². The van der Waals surface area contributed by atoms with Gasteiger partial charge >= 0.3 is 6.03 Å². The van der Waals surface area contributed by atoms with Gasteiger partial charge in [0.15, 0.2) is 0 Å². The van der Waals surface area contributed by atoms with Crippen molar-refractivity contribution in [2.24, 2.45) is 34.5 Å². The summed E-state index contributed by atoms with van der Waals surface area (Å²) < 4.78 is 0. The smallest absolute Gasteiger partial charge is 0.324 e. The molecule has 4 fully saturated rings. The molecule has 186 valence electrons. The second-order valence-electron chi connectivity index (χ2n) is 12.6. The molecule has 1 heterocycles. The van der Waals surface area contributed by atoms with Crippen LogP contribution in [0, 0.1) is 34.5 Å². The molecule has 6 heteroatoms. The molecular formula is C27H45N3O3. The minimum atomic E-state index is -0.256. The highest BCUT2D eigenvalue weighted by molar-refractivity contribution is 5.96. The van der Waals surface area contributed by atoms with Crippen LogP contribution in [0.25, 0.3) is 0 Å². The molecule has 4 aliphatic rings. The van der Waals surface area contributed by atoms with Crippen LogP contribution in [0.2, 0.25) is 0 Å². The van der Waals surface area contributed by atoms with Crippen molar-refractivity contribution in [3.05, 3.63) is 0 Å². The van der Waals surface area contributed by atoms with Gasteiger partial charge in [-0.25, -0.2) is 4.79 Å². The third-order valence-corrected chi connectivity index (χ3v) is 10.2. The van der Waals surface area contributed by atoms with Crippen LogP contribution in [-0.2, 0) is 9.59 Å². The lowest BCUT2D eigenvalue weighted by Crippen LogP contribution is -2.61. The number of urea groups is 1. The molecule has 3 saturated carbocycles. The van der Waals surface area contributed by atoms with Crippen molar-refractivity contribution >= 4 is 17.8 Å². The van der Waals surface area contributed by atoms with Crippen LogP contribution in [0.5, 0.6) is 0 Å². The summed E-state index contributed by atoms with van der Waals surface area (Å²) in [5.74, 6) is 2.04. The predicted molar refractivity (Wildman–Crippen MR) is 129 cm³/mol. The summed E-state index contributed by atoms with van der Waals surface area (Å²) in [7, 11) is 2.00. The van der Waals surface area contributed by atoms with Gasteiger partial charge in [-0.05, 0) is 101 Å². The average Bonchev–Trinajstić information content (AvgIpc) is 3.07. The highest BCUT2D eigenvalue weighted by Crippen LogP contribution is 2.66. The number of imide groups is 1. The van der Waals surface area contributed by atoms with Crippen molar-refractivity contribution in [1.29, 1.82) is 0 Å². The summed E-state index contributed by atoms with van der Waals surface area (Å²) in [5.41, 5.74) is 0.152. The molecule has 1 N–H and O–H groups in total. The van der Waals surface area contributed by atoms with Gasteiger partial charge in [0.1, 0.15) is 0 Å². The fraction of sp³-hybridized carbons (Fsp3) is 0.889. The molecular weight excluding hydrogens is 414 g/mol. The molecule has 4 unspecified atom stereocenters. The first kappa shape index (κ1) is 24.5. The van der Waals surface area contributed by atoms with Crippen LogP contribution in [0.3, 0.4) is 0 Å². The van der Waals surface area contributed by atoms with Crippen molar-refractivity contribution in [1.82, 2.24) is 15.1 Å². The van der Waals surface area contributed by atoms with Gasteiger partial charge in [-0.2, -0.15) is 0 Å². The number of likely N-dealkylation sites (tertiary alicyclic amines) is 1. The van der Waals surface area contributed by atoms with Crippen LogP contribution in [0.15, 0.2) is 0 Å². The lowest BCUT2D eigenvalue weighted by Gasteiger charge is -2.61. The van der Waals surface area contributed by atoms with E-state index in [4.69, 9.17) is 0 Å². The summed E-state index contributed by atoms with van der Waals surface area (Å²) in [6, 6.07) is -0.0433. The quantitative estimate of drug-likeness (QED) is 0.658. The zero-order chi connectivity index (χ0) is 24.3. The Balaban J connectivity index is 1.56. The largest absolute Gasteiger partial charge is 0.342 e. The molecule has 3 aliphatic carbocycles. The molecule has 0 spiro atoms. The van der Waals surface area contributed by atoms with E-state index in [2.05, 4.69) is 19.2 Å². The summed E-state index contributed by atoms with van der Waals surface area (Å²) >= 11 is 0. The average molecular weight is 460 g/mol. The number of rotatable bonds is 3. The first-order chi connectivity index (χ1) is 15.4. The molecule has 0 radical (unpaired) electrons. The number of nitrogens with zero attached hydrogens (tertiary/aromatic N) is 2. The highest BCUT2D eigenvalue weighted by Gasteiger charge is 2.62. The van der Waals surface area contributed by atoms with Gasteiger partial charge in [-0.3, -0.25) is 14.5 Å². The van der Waals surface area contributed by atoms with Crippen LogP contribution >= 0.6 is 0 Å². The number of amides is 4. The summed E-state index contributed by atoms with van der Waals surface area (Å²) in [6.45, 7) is 12.5. The Morgan fingerprint density at radius 3 is 2.27 bits per heavy atom. The molecule has 1 aliphatic heterocycles. The molecule has 0 aromatic heterocycles. The van der Waals surface area contributed by atoms with Crippen LogP contribution in [0.1, 0.15) is 92.9 Å². The zero-order valence-corrected chi connectivity index (χ0v) is 21.8. The highest BCUT2D eigenvalue weighted by atomic mass is 16.2. The predicted octanol–water partition coefficient (Wildman–Crippen LogP) is 4.82. The number of piperidine rings is 1. The molecule has 0 aromatic carbocycles. The minimum Gasteiger partial charge on any atom is -0.342 e. The van der Waals surface area contributed by atoms with Gasteiger partial charge in [0.2, 0.25) is 11.8 Å². The molecule has 0 bridgehead atoms. The van der Waals surface area contributed by atoms with Gasteiger partial charge in [0.05, 0.1) is 0 Å². The van der Waals surface area contributed by atoms with Crippen molar-refractivity contribution in [3.8, 4) is 0 Å². The summed E-state index contributed by atoms with van der Waals surface area (Å²) in [4.78, 5) is 42.7. The number of nitrogens with one attached hydrogen (secondary N) is 1. The van der Waals surface area contributed by atoms with E-state index >= 15 is 0 Å². The lowest BCUT2D eigenvalue weighted by atomic mass is 9.47. The standard InChI is InChI=1S/C27H45N3O3/c1-16(2)28-25(33)30(17(3)4)24(32)21-10-9-19-18-8-11-22-27(6,15-13-23(31)29(22)7)20(18)12-14-26(19,21)5/h16-22H,8-15H2,1-7H3,(H,28,33)/t18?,19?,20?,21-,22?,26+,27-/m1/s1. The van der Waals surface area contributed by atoms with Crippen molar-refractivity contribution in [2.75, 3.05) is 7.05 Å². The fourth-order valence-electron chi connectivity index (χ4n) is 8.63. The number of hydrogen-bond donors (Lipinski definition) is 1. The first-order valence-corrected chi connectivity index (χ1v) is 13.3. The van der Waals surface area contributed by atoms with Gasteiger partial charge in [-0.1, -0.05) is 13.8 Å². The summed E-state index contributed by atoms with van der Waals surface area (Å²) in [6.07, 6.45) is 8.07. The maximum atomic E-state index is 13.8. The Kier molecular flexibility index (Phi) is 6.37. The van der Waals surface area contributed by atoms with E-state index in [-0.39, 0.29) is 40.8 Å². The second kappa shape index (κ2) is 8.57. The Bertz CT molecular complexity index is 810. The SMILES string of the molecule is CC(C)NC(=O)N(C(=O)[C@H]1CCC2C3CCC4N(C)C(=O)CC[C@]4(C)C3CC[C@@]21C)C(C)C. The van der Waals surface area contributed by atoms with Gasteiger partial charge in [0.25, 0.3) is 0 Å². The molecule has 6 nitrogen and oxygen atoms in total. The lowest BCUT2D eigenvalue weighted by molar-refractivity contribution is -0.161. The number of hydrogen-bond acceptors (Lipinski definition) is 3. The zero-order valence-electron chi connectivity index (χ0n) is 21.8. The van der Waals surface area contributed by atoms with E-state index in [9.17, 15) is 14.4 Å². The third-order valence-electron chi connectivity index (χ3n) is 10.2. The van der Waals surface area contributed by atoms with Crippen LogP contribution in [-0.4, -0.2) is 52.8 Å². The molecule has 33 heavy (non-hydrogen) atoms. The van der Waals surface area contributed by atoms with Gasteiger partial charge in [0, 0.05) is 37.5 Å². The topological polar surface area (TPSA) is 69.7 Å². The molecule has 4 rings (SSSR count). The van der Waals surface area contributed by atoms with E-state index in [1.165, 1.54) is 4.90 Å². The van der Waals surface area contributed by atoms with E-state index in [0.717, 1.165) is 44.9 Å². The minimum absolute atomic E-state index is 0.00494. The Morgan fingerprint density at radius 2 is 1.64 bits per heavy atom. The van der Waals surface area contributed by atoms with Gasteiger partial charge < -0.3 is 10.2 Å². The normalized spacial score (nSPS) is 40.3. The Hall–Kier alpha value is -1.59.